The highest BCUT2D eigenvalue weighted by atomic mass is 35.5. The molecule has 0 amide bonds. The summed E-state index contributed by atoms with van der Waals surface area (Å²) < 4.78 is 6.69. The van der Waals surface area contributed by atoms with Gasteiger partial charge in [-0.25, -0.2) is 4.98 Å². The predicted molar refractivity (Wildman–Crippen MR) is 109 cm³/mol. The van der Waals surface area contributed by atoms with Crippen LogP contribution in [-0.4, -0.2) is 34.3 Å². The number of methoxy groups -OCH3 is 1. The Morgan fingerprint density at radius 3 is 2.78 bits per heavy atom. The van der Waals surface area contributed by atoms with Gasteiger partial charge in [-0.1, -0.05) is 47.6 Å². The number of ketones is 1. The van der Waals surface area contributed by atoms with Gasteiger partial charge in [0, 0.05) is 17.7 Å². The minimum atomic E-state index is -0.426. The van der Waals surface area contributed by atoms with E-state index < -0.39 is 5.25 Å². The molecular weight excluding hydrogens is 384 g/mol. The Morgan fingerprint density at radius 2 is 2.04 bits per heavy atom. The molecule has 0 spiro atoms. The number of aromatic nitrogens is 2. The fourth-order valence-corrected chi connectivity index (χ4v) is 3.91. The van der Waals surface area contributed by atoms with Crippen LogP contribution in [0.25, 0.3) is 10.9 Å². The highest BCUT2D eigenvalue weighted by molar-refractivity contribution is 8.00. The van der Waals surface area contributed by atoms with Crippen molar-refractivity contribution in [3.63, 3.8) is 0 Å². The largest absolute Gasteiger partial charge is 0.383 e. The lowest BCUT2D eigenvalue weighted by Crippen LogP contribution is -2.26. The maximum Gasteiger partial charge on any atom is 0.262 e. The summed E-state index contributed by atoms with van der Waals surface area (Å²) in [7, 11) is 1.58. The monoisotopic (exact) mass is 402 g/mol. The molecule has 0 aliphatic heterocycles. The number of carbonyl (C=O) groups excluding carboxylic acids is 1. The Labute approximate surface area is 166 Å². The zero-order chi connectivity index (χ0) is 19.4. The molecule has 1 heterocycles. The van der Waals surface area contributed by atoms with E-state index in [1.54, 1.807) is 55.0 Å². The fourth-order valence-electron chi connectivity index (χ4n) is 2.71. The van der Waals surface area contributed by atoms with Crippen LogP contribution in [0.4, 0.5) is 0 Å². The minimum absolute atomic E-state index is 0.0665. The van der Waals surface area contributed by atoms with Crippen LogP contribution in [0.5, 0.6) is 0 Å². The highest BCUT2D eigenvalue weighted by Gasteiger charge is 2.20. The number of Topliss-reactive ketones (excluding diaryl/α,β-unsaturated/α-hetero) is 1. The summed E-state index contributed by atoms with van der Waals surface area (Å²) in [6, 6.07) is 14.0. The van der Waals surface area contributed by atoms with E-state index in [0.29, 0.717) is 39.8 Å². The highest BCUT2D eigenvalue weighted by Crippen LogP contribution is 2.25. The first-order chi connectivity index (χ1) is 13.0. The number of hydrogen-bond acceptors (Lipinski definition) is 5. The summed E-state index contributed by atoms with van der Waals surface area (Å²) in [6.45, 7) is 2.55. The Balaban J connectivity index is 1.97. The van der Waals surface area contributed by atoms with Crippen LogP contribution in [0.2, 0.25) is 5.02 Å². The molecule has 0 N–H and O–H groups in total. The zero-order valence-electron chi connectivity index (χ0n) is 15.0. The van der Waals surface area contributed by atoms with Gasteiger partial charge in [-0.3, -0.25) is 14.2 Å². The van der Waals surface area contributed by atoms with E-state index in [0.717, 1.165) is 0 Å². The van der Waals surface area contributed by atoms with Gasteiger partial charge in [-0.05, 0) is 31.2 Å². The molecule has 1 aromatic heterocycles. The molecular formula is C20H19ClN2O3S. The van der Waals surface area contributed by atoms with Gasteiger partial charge < -0.3 is 4.74 Å². The minimum Gasteiger partial charge on any atom is -0.383 e. The summed E-state index contributed by atoms with van der Waals surface area (Å²) in [5.74, 6) is -0.0665. The second-order valence-electron chi connectivity index (χ2n) is 6.00. The Kier molecular flexibility index (Phi) is 6.31. The quantitative estimate of drug-likeness (QED) is 0.339. The Morgan fingerprint density at radius 1 is 1.26 bits per heavy atom. The molecule has 0 fully saturated rings. The van der Waals surface area contributed by atoms with Crippen molar-refractivity contribution in [2.45, 2.75) is 23.9 Å². The molecule has 0 saturated carbocycles. The van der Waals surface area contributed by atoms with Gasteiger partial charge in [-0.15, -0.1) is 0 Å². The summed E-state index contributed by atoms with van der Waals surface area (Å²) in [5, 5.41) is 1.13. The molecule has 3 rings (SSSR count). The van der Waals surface area contributed by atoms with Crippen molar-refractivity contribution in [2.24, 2.45) is 0 Å². The van der Waals surface area contributed by atoms with Crippen molar-refractivity contribution < 1.29 is 9.53 Å². The maximum atomic E-state index is 12.9. The van der Waals surface area contributed by atoms with Crippen LogP contribution >= 0.6 is 23.4 Å². The van der Waals surface area contributed by atoms with Crippen molar-refractivity contribution in [3.8, 4) is 0 Å². The van der Waals surface area contributed by atoms with E-state index in [4.69, 9.17) is 16.3 Å². The standard InChI is InChI=1S/C20H19ClN2O3S/c1-13(18(24)14-6-5-7-15(21)12-14)27-20-22-17-9-4-3-8-16(17)19(25)23(20)10-11-26-2/h3-9,12-13H,10-11H2,1-2H3/t13-/m1/s1. The Hall–Kier alpha value is -2.15. The lowest BCUT2D eigenvalue weighted by Gasteiger charge is -2.16. The molecule has 0 radical (unpaired) electrons. The van der Waals surface area contributed by atoms with Crippen LogP contribution in [-0.2, 0) is 11.3 Å². The van der Waals surface area contributed by atoms with Crippen LogP contribution in [0.15, 0.2) is 58.5 Å². The summed E-state index contributed by atoms with van der Waals surface area (Å²) in [6.07, 6.45) is 0. The van der Waals surface area contributed by atoms with Gasteiger partial charge >= 0.3 is 0 Å². The van der Waals surface area contributed by atoms with Crippen molar-refractivity contribution in [1.29, 1.82) is 0 Å². The number of rotatable bonds is 7. The van der Waals surface area contributed by atoms with E-state index in [9.17, 15) is 9.59 Å². The fraction of sp³-hybridized carbons (Fsp3) is 0.250. The zero-order valence-corrected chi connectivity index (χ0v) is 16.6. The third-order valence-electron chi connectivity index (χ3n) is 4.11. The SMILES string of the molecule is COCCn1c(S[C@H](C)C(=O)c2cccc(Cl)c2)nc2ccccc2c1=O. The average molecular weight is 403 g/mol. The summed E-state index contributed by atoms with van der Waals surface area (Å²) in [4.78, 5) is 30.2. The van der Waals surface area contributed by atoms with E-state index in [-0.39, 0.29) is 11.3 Å². The second-order valence-corrected chi connectivity index (χ2v) is 7.74. The first-order valence-corrected chi connectivity index (χ1v) is 9.72. The molecule has 7 heteroatoms. The first kappa shape index (κ1) is 19.6. The van der Waals surface area contributed by atoms with Gasteiger partial charge in [-0.2, -0.15) is 0 Å². The molecule has 0 aliphatic rings. The number of carbonyl (C=O) groups is 1. The van der Waals surface area contributed by atoms with E-state index in [2.05, 4.69) is 4.98 Å². The number of fused-ring (bicyclic) bond motifs is 1. The van der Waals surface area contributed by atoms with Crippen LogP contribution in [0.1, 0.15) is 17.3 Å². The van der Waals surface area contributed by atoms with Crippen LogP contribution in [0.3, 0.4) is 0 Å². The number of benzene rings is 2. The van der Waals surface area contributed by atoms with Gasteiger partial charge in [0.2, 0.25) is 0 Å². The van der Waals surface area contributed by atoms with Gasteiger partial charge in [0.15, 0.2) is 10.9 Å². The third kappa shape index (κ3) is 4.40. The molecule has 140 valence electrons. The summed E-state index contributed by atoms with van der Waals surface area (Å²) >= 11 is 7.25. The topological polar surface area (TPSA) is 61.2 Å². The molecule has 0 unspecified atom stereocenters. The number of para-hydroxylation sites is 1. The smallest absolute Gasteiger partial charge is 0.262 e. The third-order valence-corrected chi connectivity index (χ3v) is 5.43. The van der Waals surface area contributed by atoms with E-state index in [1.165, 1.54) is 11.8 Å². The molecule has 0 saturated heterocycles. The van der Waals surface area contributed by atoms with Gasteiger partial charge in [0.05, 0.1) is 29.3 Å². The first-order valence-electron chi connectivity index (χ1n) is 8.46. The molecule has 0 aliphatic carbocycles. The van der Waals surface area contributed by atoms with Crippen LogP contribution in [0, 0.1) is 0 Å². The normalized spacial score (nSPS) is 12.3. The lowest BCUT2D eigenvalue weighted by atomic mass is 10.1. The van der Waals surface area contributed by atoms with Crippen molar-refractivity contribution in [1.82, 2.24) is 9.55 Å². The second kappa shape index (κ2) is 8.69. The molecule has 27 heavy (non-hydrogen) atoms. The number of hydrogen-bond donors (Lipinski definition) is 0. The molecule has 0 bridgehead atoms. The van der Waals surface area contributed by atoms with Crippen molar-refractivity contribution in [2.75, 3.05) is 13.7 Å². The molecule has 3 aromatic rings. The lowest BCUT2D eigenvalue weighted by molar-refractivity contribution is 0.0994. The Bertz CT molecular complexity index is 1040. The molecule has 2 aromatic carbocycles. The van der Waals surface area contributed by atoms with Gasteiger partial charge in [0.25, 0.3) is 5.56 Å². The van der Waals surface area contributed by atoms with Crippen molar-refractivity contribution in [3.05, 3.63) is 69.5 Å². The van der Waals surface area contributed by atoms with Gasteiger partial charge in [0.1, 0.15) is 0 Å². The van der Waals surface area contributed by atoms with E-state index in [1.807, 2.05) is 12.1 Å². The molecule has 1 atom stereocenters. The molecule has 5 nitrogen and oxygen atoms in total. The number of halogens is 1. The van der Waals surface area contributed by atoms with Crippen LogP contribution < -0.4 is 5.56 Å². The number of nitrogens with zero attached hydrogens (tertiary/aromatic N) is 2. The number of thioether (sulfide) groups is 1. The number of ether oxygens (including phenoxy) is 1. The predicted octanol–water partition coefficient (Wildman–Crippen LogP) is 4.06. The average Bonchev–Trinajstić information content (AvgIpc) is 2.67. The summed E-state index contributed by atoms with van der Waals surface area (Å²) in [5.41, 5.74) is 1.01. The maximum absolute atomic E-state index is 12.9. The van der Waals surface area contributed by atoms with Crippen molar-refractivity contribution >= 4 is 40.0 Å². The van der Waals surface area contributed by atoms with E-state index >= 15 is 0 Å².